The molecule has 0 aromatic rings. The van der Waals surface area contributed by atoms with Crippen LogP contribution in [-0.4, -0.2) is 43.0 Å². The van der Waals surface area contributed by atoms with Gasteiger partial charge in [-0.3, -0.25) is 4.79 Å². The average Bonchev–Trinajstić information content (AvgIpc) is 2.22. The Balaban J connectivity index is 3.97. The van der Waals surface area contributed by atoms with Gasteiger partial charge in [0.05, 0.1) is 6.04 Å². The molecule has 0 bridgehead atoms. The van der Waals surface area contributed by atoms with Crippen molar-refractivity contribution in [3.63, 3.8) is 0 Å². The van der Waals surface area contributed by atoms with Crippen molar-refractivity contribution in [2.75, 3.05) is 20.6 Å². The largest absolute Gasteiger partial charge is 0.353 e. The summed E-state index contributed by atoms with van der Waals surface area (Å²) in [4.78, 5) is 13.8. The van der Waals surface area contributed by atoms with Crippen molar-refractivity contribution in [3.05, 3.63) is 0 Å². The topological polar surface area (TPSA) is 58.4 Å². The number of carbonyl (C=O) groups is 1. The lowest BCUT2D eigenvalue weighted by Gasteiger charge is -2.33. The van der Waals surface area contributed by atoms with Gasteiger partial charge in [-0.25, -0.2) is 0 Å². The Morgan fingerprint density at radius 1 is 1.44 bits per heavy atom. The van der Waals surface area contributed by atoms with Gasteiger partial charge in [0.2, 0.25) is 5.91 Å². The second-order valence-electron chi connectivity index (χ2n) is 5.17. The molecule has 0 spiro atoms. The number of nitrogens with zero attached hydrogens (tertiary/aromatic N) is 1. The predicted octanol–water partition coefficient (Wildman–Crippen LogP) is 0.960. The van der Waals surface area contributed by atoms with E-state index >= 15 is 0 Å². The van der Waals surface area contributed by atoms with Gasteiger partial charge in [-0.1, -0.05) is 19.8 Å². The van der Waals surface area contributed by atoms with Crippen LogP contribution in [0.5, 0.6) is 0 Å². The molecule has 0 aromatic heterocycles. The molecular weight excluding hydrogens is 202 g/mol. The van der Waals surface area contributed by atoms with Crippen LogP contribution in [0.3, 0.4) is 0 Å². The van der Waals surface area contributed by atoms with E-state index in [-0.39, 0.29) is 17.5 Å². The maximum atomic E-state index is 11.7. The molecule has 4 heteroatoms. The fraction of sp³-hybridized carbons (Fsp3) is 0.917. The van der Waals surface area contributed by atoms with Gasteiger partial charge in [0.25, 0.3) is 0 Å². The lowest BCUT2D eigenvalue weighted by atomic mass is 10.0. The Morgan fingerprint density at radius 3 is 2.44 bits per heavy atom. The van der Waals surface area contributed by atoms with E-state index in [1.54, 1.807) is 0 Å². The fourth-order valence-electron chi connectivity index (χ4n) is 1.15. The van der Waals surface area contributed by atoms with Crippen LogP contribution in [0.2, 0.25) is 0 Å². The molecule has 16 heavy (non-hydrogen) atoms. The number of nitrogens with one attached hydrogen (secondary N) is 1. The third-order valence-corrected chi connectivity index (χ3v) is 3.11. The fourth-order valence-corrected chi connectivity index (χ4v) is 1.15. The molecule has 0 aromatic carbocycles. The third kappa shape index (κ3) is 5.47. The molecule has 1 amide bonds. The lowest BCUT2D eigenvalue weighted by Crippen LogP contribution is -2.51. The SMILES string of the molecule is CCCC[C@H](N)C(=O)NCC(C)(C)N(C)C. The average molecular weight is 229 g/mol. The summed E-state index contributed by atoms with van der Waals surface area (Å²) in [5.74, 6) is -0.0385. The number of amides is 1. The first-order valence-corrected chi connectivity index (χ1v) is 6.02. The molecule has 0 aliphatic rings. The minimum atomic E-state index is -0.363. The second kappa shape index (κ2) is 6.86. The monoisotopic (exact) mass is 229 g/mol. The molecule has 3 N–H and O–H groups in total. The number of rotatable bonds is 7. The number of carbonyl (C=O) groups excluding carboxylic acids is 1. The number of likely N-dealkylation sites (N-methyl/N-ethyl adjacent to an activating group) is 1. The number of hydrogen-bond donors (Lipinski definition) is 2. The Hall–Kier alpha value is -0.610. The van der Waals surface area contributed by atoms with E-state index in [0.717, 1.165) is 19.3 Å². The molecule has 0 aliphatic heterocycles. The summed E-state index contributed by atoms with van der Waals surface area (Å²) >= 11 is 0. The highest BCUT2D eigenvalue weighted by molar-refractivity contribution is 5.81. The first kappa shape index (κ1) is 15.4. The van der Waals surface area contributed by atoms with E-state index in [1.165, 1.54) is 0 Å². The highest BCUT2D eigenvalue weighted by atomic mass is 16.2. The van der Waals surface area contributed by atoms with Gasteiger partial charge in [-0.05, 0) is 34.4 Å². The Morgan fingerprint density at radius 2 is 2.00 bits per heavy atom. The smallest absolute Gasteiger partial charge is 0.236 e. The maximum absolute atomic E-state index is 11.7. The van der Waals surface area contributed by atoms with Crippen LogP contribution in [-0.2, 0) is 4.79 Å². The zero-order valence-corrected chi connectivity index (χ0v) is 11.3. The Kier molecular flexibility index (Phi) is 6.60. The van der Waals surface area contributed by atoms with Crippen LogP contribution >= 0.6 is 0 Å². The number of hydrogen-bond acceptors (Lipinski definition) is 3. The molecule has 0 radical (unpaired) electrons. The molecule has 0 heterocycles. The van der Waals surface area contributed by atoms with Crippen molar-refractivity contribution < 1.29 is 4.79 Å². The summed E-state index contributed by atoms with van der Waals surface area (Å²) in [5, 5.41) is 2.91. The molecule has 96 valence electrons. The zero-order valence-electron chi connectivity index (χ0n) is 11.3. The molecule has 0 saturated heterocycles. The zero-order chi connectivity index (χ0) is 12.8. The van der Waals surface area contributed by atoms with Crippen molar-refractivity contribution in [1.29, 1.82) is 0 Å². The molecule has 0 saturated carbocycles. The van der Waals surface area contributed by atoms with Crippen molar-refractivity contribution in [2.45, 2.75) is 51.6 Å². The Labute approximate surface area is 99.6 Å². The van der Waals surface area contributed by atoms with Crippen molar-refractivity contribution in [3.8, 4) is 0 Å². The summed E-state index contributed by atoms with van der Waals surface area (Å²) in [6.45, 7) is 6.90. The molecule has 1 atom stereocenters. The normalized spacial score (nSPS) is 13.9. The van der Waals surface area contributed by atoms with Gasteiger partial charge in [0.1, 0.15) is 0 Å². The van der Waals surface area contributed by atoms with Crippen LogP contribution in [0.4, 0.5) is 0 Å². The molecule has 0 fully saturated rings. The van der Waals surface area contributed by atoms with Crippen molar-refractivity contribution >= 4 is 5.91 Å². The van der Waals surface area contributed by atoms with Gasteiger partial charge in [-0.15, -0.1) is 0 Å². The third-order valence-electron chi connectivity index (χ3n) is 3.11. The second-order valence-corrected chi connectivity index (χ2v) is 5.17. The van der Waals surface area contributed by atoms with E-state index in [4.69, 9.17) is 5.73 Å². The first-order chi connectivity index (χ1) is 7.31. The van der Waals surface area contributed by atoms with Crippen molar-refractivity contribution in [1.82, 2.24) is 10.2 Å². The van der Waals surface area contributed by atoms with Crippen LogP contribution < -0.4 is 11.1 Å². The van der Waals surface area contributed by atoms with E-state index < -0.39 is 0 Å². The van der Waals surface area contributed by atoms with Gasteiger partial charge < -0.3 is 16.0 Å². The maximum Gasteiger partial charge on any atom is 0.236 e. The summed E-state index contributed by atoms with van der Waals surface area (Å²) in [6, 6.07) is -0.363. The molecule has 0 unspecified atom stereocenters. The van der Waals surface area contributed by atoms with Gasteiger partial charge in [0.15, 0.2) is 0 Å². The molecule has 4 nitrogen and oxygen atoms in total. The minimum Gasteiger partial charge on any atom is -0.353 e. The summed E-state index contributed by atoms with van der Waals surface area (Å²) in [5.41, 5.74) is 5.74. The standard InChI is InChI=1S/C12H27N3O/c1-6-7-8-10(13)11(16)14-9-12(2,3)15(4)5/h10H,6-9,13H2,1-5H3,(H,14,16)/t10-/m0/s1. The van der Waals surface area contributed by atoms with Crippen LogP contribution in [0.1, 0.15) is 40.0 Å². The predicted molar refractivity (Wildman–Crippen MR) is 68.3 cm³/mol. The first-order valence-electron chi connectivity index (χ1n) is 6.02. The van der Waals surface area contributed by atoms with Gasteiger partial charge in [0, 0.05) is 12.1 Å². The van der Waals surface area contributed by atoms with Crippen LogP contribution in [0, 0.1) is 0 Å². The molecule has 0 rings (SSSR count). The van der Waals surface area contributed by atoms with E-state index in [2.05, 4.69) is 31.0 Å². The minimum absolute atomic E-state index is 0.0385. The quantitative estimate of drug-likeness (QED) is 0.683. The Bertz CT molecular complexity index is 214. The molecule has 0 aliphatic carbocycles. The summed E-state index contributed by atoms with van der Waals surface area (Å²) in [6.07, 6.45) is 2.85. The van der Waals surface area contributed by atoms with Crippen LogP contribution in [0.25, 0.3) is 0 Å². The van der Waals surface area contributed by atoms with E-state index in [0.29, 0.717) is 6.54 Å². The van der Waals surface area contributed by atoms with Crippen LogP contribution in [0.15, 0.2) is 0 Å². The van der Waals surface area contributed by atoms with Gasteiger partial charge in [-0.2, -0.15) is 0 Å². The molecular formula is C12H27N3O. The summed E-state index contributed by atoms with van der Waals surface area (Å²) < 4.78 is 0. The highest BCUT2D eigenvalue weighted by Crippen LogP contribution is 2.08. The number of nitrogens with two attached hydrogens (primary N) is 1. The van der Waals surface area contributed by atoms with Gasteiger partial charge >= 0.3 is 0 Å². The highest BCUT2D eigenvalue weighted by Gasteiger charge is 2.22. The summed E-state index contributed by atoms with van der Waals surface area (Å²) in [7, 11) is 4.01. The lowest BCUT2D eigenvalue weighted by molar-refractivity contribution is -0.123. The number of unbranched alkanes of at least 4 members (excludes halogenated alkanes) is 1. The van der Waals surface area contributed by atoms with E-state index in [1.807, 2.05) is 14.1 Å². The van der Waals surface area contributed by atoms with Crippen molar-refractivity contribution in [2.24, 2.45) is 5.73 Å². The van der Waals surface area contributed by atoms with E-state index in [9.17, 15) is 4.79 Å².